The number of hydrogen-bond donors (Lipinski definition) is 0. The van der Waals surface area contributed by atoms with Crippen molar-refractivity contribution < 1.29 is 9.53 Å². The molecule has 3 aromatic rings. The van der Waals surface area contributed by atoms with Gasteiger partial charge in [0.1, 0.15) is 5.75 Å². The summed E-state index contributed by atoms with van der Waals surface area (Å²) < 4.78 is 5.30. The Labute approximate surface area is 250 Å². The Morgan fingerprint density at radius 2 is 1.07 bits per heavy atom. The van der Waals surface area contributed by atoms with E-state index in [9.17, 15) is 4.79 Å². The van der Waals surface area contributed by atoms with Gasteiger partial charge >= 0.3 is 0 Å². The number of fused-ring (bicyclic) bond motifs is 3. The van der Waals surface area contributed by atoms with E-state index >= 15 is 0 Å². The number of ether oxygens (including phenoxy) is 1. The fourth-order valence-corrected chi connectivity index (χ4v) is 4.71. The zero-order chi connectivity index (χ0) is 29.9. The van der Waals surface area contributed by atoms with Crippen LogP contribution in [0.3, 0.4) is 0 Å². The minimum absolute atomic E-state index is 0.301. The maximum Gasteiger partial charge on any atom is 0.163 e. The summed E-state index contributed by atoms with van der Waals surface area (Å²) in [6.07, 6.45) is 3.99. The number of ketones is 1. The summed E-state index contributed by atoms with van der Waals surface area (Å²) in [5.74, 6) is 5.15. The zero-order valence-corrected chi connectivity index (χ0v) is 27.4. The van der Waals surface area contributed by atoms with Crippen LogP contribution in [0.1, 0.15) is 95.8 Å². The van der Waals surface area contributed by atoms with E-state index in [4.69, 9.17) is 4.74 Å². The van der Waals surface area contributed by atoms with Crippen LogP contribution in [-0.4, -0.2) is 18.1 Å². The number of carbonyl (C=O) groups excluding carboxylic acids is 1. The van der Waals surface area contributed by atoms with E-state index in [2.05, 4.69) is 92.6 Å². The Kier molecular flexibility index (Phi) is 18.1. The highest BCUT2D eigenvalue weighted by atomic mass is 32.2. The highest BCUT2D eigenvalue weighted by molar-refractivity contribution is 7.99. The number of aryl methyl sites for hydroxylation is 2. The lowest BCUT2D eigenvalue weighted by Gasteiger charge is -1.93. The van der Waals surface area contributed by atoms with Crippen LogP contribution in [0.5, 0.6) is 5.75 Å². The van der Waals surface area contributed by atoms with E-state index in [-0.39, 0.29) is 0 Å². The van der Waals surface area contributed by atoms with Crippen molar-refractivity contribution in [2.75, 3.05) is 12.4 Å². The molecule has 0 aromatic heterocycles. The molecule has 0 spiro atoms. The largest absolute Gasteiger partial charge is 0.493 e. The fraction of sp³-hybridized carbons (Fsp3) is 0.486. The van der Waals surface area contributed by atoms with Crippen molar-refractivity contribution in [3.63, 3.8) is 0 Å². The second-order valence-corrected chi connectivity index (χ2v) is 13.3. The lowest BCUT2D eigenvalue weighted by Crippen LogP contribution is -1.88. The molecule has 3 heteroatoms. The van der Waals surface area contributed by atoms with E-state index in [0.29, 0.717) is 12.2 Å². The second-order valence-electron chi connectivity index (χ2n) is 12.2. The van der Waals surface area contributed by atoms with Crippen molar-refractivity contribution in [3.05, 3.63) is 95.1 Å². The van der Waals surface area contributed by atoms with Gasteiger partial charge in [-0.25, -0.2) is 0 Å². The third-order valence-corrected chi connectivity index (χ3v) is 6.26. The number of thioether (sulfide) groups is 1. The highest BCUT2D eigenvalue weighted by Gasteiger charge is 2.17. The molecule has 0 bridgehead atoms. The van der Waals surface area contributed by atoms with Crippen molar-refractivity contribution in [2.24, 2.45) is 17.8 Å². The number of rotatable bonds is 0. The SMILES string of the molecule is CC(C)C.CC(C)C.CC(C)C.O=C1CCc2ccccc21.c1ccc2c(c1)CCO2.c1ccc2c(c1)CCS2. The summed E-state index contributed by atoms with van der Waals surface area (Å²) in [7, 11) is 0. The predicted molar refractivity (Wildman–Crippen MR) is 177 cm³/mol. The van der Waals surface area contributed by atoms with Crippen LogP contribution < -0.4 is 4.74 Å². The lowest BCUT2D eigenvalue weighted by molar-refractivity contribution is 0.0994. The number of hydrogen-bond acceptors (Lipinski definition) is 3. The van der Waals surface area contributed by atoms with E-state index in [1.165, 1.54) is 33.8 Å². The number of Topliss-reactive ketones (excluding diaryl/α,β-unsaturated/α-hetero) is 1. The van der Waals surface area contributed by atoms with Crippen LogP contribution in [0.2, 0.25) is 0 Å². The molecule has 220 valence electrons. The van der Waals surface area contributed by atoms with Crippen LogP contribution >= 0.6 is 11.8 Å². The number of benzene rings is 3. The average molecular weight is 563 g/mol. The Hall–Kier alpha value is -2.52. The van der Waals surface area contributed by atoms with Crippen molar-refractivity contribution in [2.45, 2.75) is 92.9 Å². The maximum absolute atomic E-state index is 11.1. The first-order valence-electron chi connectivity index (χ1n) is 15.0. The molecular weight excluding hydrogens is 508 g/mol. The molecule has 2 aliphatic heterocycles. The molecule has 40 heavy (non-hydrogen) atoms. The van der Waals surface area contributed by atoms with Crippen LogP contribution in [0.25, 0.3) is 0 Å². The quantitative estimate of drug-likeness (QED) is 0.272. The van der Waals surface area contributed by atoms with E-state index in [1.54, 1.807) is 0 Å². The van der Waals surface area contributed by atoms with E-state index in [0.717, 1.165) is 48.5 Å². The monoisotopic (exact) mass is 562 g/mol. The average Bonchev–Trinajstić information content (AvgIpc) is 3.64. The Morgan fingerprint density at radius 1 is 0.575 bits per heavy atom. The molecule has 3 aromatic carbocycles. The summed E-state index contributed by atoms with van der Waals surface area (Å²) >= 11 is 1.97. The van der Waals surface area contributed by atoms with Crippen molar-refractivity contribution in [3.8, 4) is 5.75 Å². The summed E-state index contributed by atoms with van der Waals surface area (Å²) in [4.78, 5) is 12.5. The molecule has 0 unspecified atom stereocenters. The molecule has 0 radical (unpaired) electrons. The van der Waals surface area contributed by atoms with Crippen LogP contribution in [0.4, 0.5) is 0 Å². The zero-order valence-electron chi connectivity index (χ0n) is 26.6. The fourth-order valence-electron chi connectivity index (χ4n) is 3.64. The van der Waals surface area contributed by atoms with Crippen LogP contribution in [0.15, 0.2) is 77.7 Å². The lowest BCUT2D eigenvalue weighted by atomic mass is 10.1. The molecule has 0 fully saturated rings. The van der Waals surface area contributed by atoms with Crippen molar-refractivity contribution in [1.82, 2.24) is 0 Å². The molecule has 0 amide bonds. The van der Waals surface area contributed by atoms with E-state index < -0.39 is 0 Å². The van der Waals surface area contributed by atoms with Gasteiger partial charge in [0.05, 0.1) is 6.61 Å². The molecule has 2 nitrogen and oxygen atoms in total. The van der Waals surface area contributed by atoms with Crippen LogP contribution in [-0.2, 0) is 19.3 Å². The summed E-state index contributed by atoms with van der Waals surface area (Å²) in [6, 6.07) is 24.7. The molecule has 1 aliphatic carbocycles. The predicted octanol–water partition coefficient (Wildman–Crippen LogP) is 10.8. The topological polar surface area (TPSA) is 26.3 Å². The molecule has 0 saturated carbocycles. The van der Waals surface area contributed by atoms with Gasteiger partial charge in [-0.2, -0.15) is 0 Å². The van der Waals surface area contributed by atoms with Gasteiger partial charge < -0.3 is 4.74 Å². The van der Waals surface area contributed by atoms with Gasteiger partial charge in [0, 0.05) is 29.1 Å². The minimum Gasteiger partial charge on any atom is -0.493 e. The Balaban J connectivity index is 0.000000252. The summed E-state index contributed by atoms with van der Waals surface area (Å²) in [6.45, 7) is 20.4. The first-order chi connectivity index (χ1) is 19.0. The molecule has 0 saturated heterocycles. The van der Waals surface area contributed by atoms with Gasteiger partial charge in [-0.1, -0.05) is 123 Å². The van der Waals surface area contributed by atoms with Gasteiger partial charge in [-0.15, -0.1) is 11.8 Å². The second kappa shape index (κ2) is 20.4. The molecule has 0 N–H and O–H groups in total. The smallest absolute Gasteiger partial charge is 0.163 e. The van der Waals surface area contributed by atoms with Crippen LogP contribution in [0, 0.1) is 17.8 Å². The van der Waals surface area contributed by atoms with Gasteiger partial charge in [0.25, 0.3) is 0 Å². The molecule has 2 heterocycles. The summed E-state index contributed by atoms with van der Waals surface area (Å²) in [5, 5.41) is 0. The maximum atomic E-state index is 11.1. The Morgan fingerprint density at radius 3 is 1.62 bits per heavy atom. The highest BCUT2D eigenvalue weighted by Crippen LogP contribution is 2.30. The third kappa shape index (κ3) is 15.9. The van der Waals surface area contributed by atoms with Gasteiger partial charge in [-0.3, -0.25) is 4.79 Å². The number of para-hydroxylation sites is 1. The molecule has 3 aliphatic rings. The molecular formula is C37H54O2S. The third-order valence-electron chi connectivity index (χ3n) is 5.14. The van der Waals surface area contributed by atoms with Gasteiger partial charge in [-0.05, 0) is 59.4 Å². The number of carbonyl (C=O) groups is 1. The normalized spacial score (nSPS) is 13.3. The first-order valence-corrected chi connectivity index (χ1v) is 16.0. The molecule has 0 atom stereocenters. The molecule has 6 rings (SSSR count). The Bertz CT molecular complexity index is 983. The van der Waals surface area contributed by atoms with Crippen molar-refractivity contribution in [1.29, 1.82) is 0 Å². The van der Waals surface area contributed by atoms with Gasteiger partial charge in [0.2, 0.25) is 0 Å². The minimum atomic E-state index is 0.301. The van der Waals surface area contributed by atoms with Gasteiger partial charge in [0.15, 0.2) is 5.78 Å². The first kappa shape index (κ1) is 35.5. The van der Waals surface area contributed by atoms with Crippen molar-refractivity contribution >= 4 is 17.5 Å². The summed E-state index contributed by atoms with van der Waals surface area (Å²) in [5.41, 5.74) is 5.02. The van der Waals surface area contributed by atoms with E-state index in [1.807, 2.05) is 54.2 Å². The standard InChI is InChI=1S/C9H8O.C8H8O.C8H8S.3C4H10/c10-9-6-5-7-3-1-2-4-8(7)9;2*1-2-4-8-7(3-1)5-6-9-8;3*1-4(2)3/h1-4H,5-6H2;2*1-4H,5-6H2;3*4H,1-3H3.